The molecule has 0 saturated heterocycles. The zero-order valence-electron chi connectivity index (χ0n) is 5.99. The molecule has 12 heavy (non-hydrogen) atoms. The number of anilines is 1. The number of fused-ring (bicyclic) bond motifs is 1. The highest BCUT2D eigenvalue weighted by atomic mass is 14.8. The van der Waals surface area contributed by atoms with Crippen LogP contribution < -0.4 is 5.73 Å². The van der Waals surface area contributed by atoms with Crippen LogP contribution in [0.25, 0.3) is 10.9 Å². The van der Waals surface area contributed by atoms with E-state index in [-0.39, 0.29) is 7.43 Å². The minimum Gasteiger partial charge on any atom is -0.384 e. The van der Waals surface area contributed by atoms with Crippen LogP contribution in [0.2, 0.25) is 0 Å². The molecule has 0 amide bonds. The Kier molecular flexibility index (Phi) is 2.29. The molecular weight excluding hydrogens is 148 g/mol. The van der Waals surface area contributed by atoms with Crippen molar-refractivity contribution in [3.63, 3.8) is 0 Å². The molecule has 1 aromatic heterocycles. The summed E-state index contributed by atoms with van der Waals surface area (Å²) in [7, 11) is 0. The van der Waals surface area contributed by atoms with E-state index >= 15 is 0 Å². The Bertz CT molecular complexity index is 382. The van der Waals surface area contributed by atoms with E-state index < -0.39 is 0 Å². The summed E-state index contributed by atoms with van der Waals surface area (Å²) in [5, 5.41) is 1.13. The lowest BCUT2D eigenvalue weighted by atomic mass is 10.2. The van der Waals surface area contributed by atoms with Gasteiger partial charge in [0.1, 0.15) is 5.82 Å². The van der Waals surface area contributed by atoms with Gasteiger partial charge in [-0.1, -0.05) is 25.6 Å². The second-order valence-electron chi connectivity index (χ2n) is 2.43. The lowest BCUT2D eigenvalue weighted by molar-refractivity contribution is 1.42. The van der Waals surface area contributed by atoms with E-state index in [1.165, 1.54) is 0 Å². The molecule has 0 spiro atoms. The number of nitrogens with zero attached hydrogens (tertiary/aromatic N) is 1. The van der Waals surface area contributed by atoms with Crippen molar-refractivity contribution >= 4 is 16.7 Å². The van der Waals surface area contributed by atoms with Crippen LogP contribution >= 0.6 is 0 Å². The lowest BCUT2D eigenvalue weighted by Gasteiger charge is -1.95. The first-order valence-corrected chi connectivity index (χ1v) is 3.47. The molecule has 0 aliphatic rings. The molecule has 2 nitrogen and oxygen atoms in total. The number of pyridine rings is 1. The molecule has 0 aliphatic carbocycles. The normalized spacial score (nSPS) is 9.33. The molecule has 2 N–H and O–H groups in total. The van der Waals surface area contributed by atoms with Gasteiger partial charge >= 0.3 is 0 Å². The third-order valence-electron chi connectivity index (χ3n) is 1.62. The van der Waals surface area contributed by atoms with E-state index in [9.17, 15) is 0 Å². The minimum absolute atomic E-state index is 0. The van der Waals surface area contributed by atoms with Crippen LogP contribution in [0.1, 0.15) is 7.43 Å². The smallest absolute Gasteiger partial charge is 0.124 e. The Morgan fingerprint density at radius 1 is 1.00 bits per heavy atom. The molecule has 0 unspecified atom stereocenters. The maximum absolute atomic E-state index is 5.51. The van der Waals surface area contributed by atoms with Crippen molar-refractivity contribution in [1.29, 1.82) is 0 Å². The van der Waals surface area contributed by atoms with Crippen molar-refractivity contribution in [2.24, 2.45) is 0 Å². The summed E-state index contributed by atoms with van der Waals surface area (Å²) in [6.07, 6.45) is 0. The number of aromatic nitrogens is 1. The number of nitrogens with two attached hydrogens (primary N) is 1. The summed E-state index contributed by atoms with van der Waals surface area (Å²) >= 11 is 0. The quantitative estimate of drug-likeness (QED) is 0.643. The van der Waals surface area contributed by atoms with Crippen molar-refractivity contribution in [2.75, 3.05) is 5.73 Å². The van der Waals surface area contributed by atoms with E-state index in [2.05, 4.69) is 4.98 Å². The first-order chi connectivity index (χ1) is 5.36. The summed E-state index contributed by atoms with van der Waals surface area (Å²) in [5.74, 6) is 0.573. The first-order valence-electron chi connectivity index (χ1n) is 3.47. The fourth-order valence-electron chi connectivity index (χ4n) is 1.08. The molecule has 2 heteroatoms. The molecule has 0 bridgehead atoms. The molecule has 1 heterocycles. The first kappa shape index (κ1) is 8.53. The van der Waals surface area contributed by atoms with Crippen LogP contribution in [0.4, 0.5) is 5.82 Å². The molecule has 0 fully saturated rings. The standard InChI is InChI=1S/C9H8N2.CH4/c10-9-6-5-7-3-1-2-4-8(7)11-9;/h1-6H,(H2,10,11);1H4. The zero-order chi connectivity index (χ0) is 7.68. The monoisotopic (exact) mass is 160 g/mol. The Labute approximate surface area is 72.0 Å². The van der Waals surface area contributed by atoms with E-state index in [4.69, 9.17) is 5.73 Å². The van der Waals surface area contributed by atoms with Crippen LogP contribution in [0, 0.1) is 0 Å². The summed E-state index contributed by atoms with van der Waals surface area (Å²) in [6.45, 7) is 0. The maximum atomic E-state index is 5.51. The van der Waals surface area contributed by atoms with Gasteiger partial charge in [-0.2, -0.15) is 0 Å². The molecule has 0 saturated carbocycles. The van der Waals surface area contributed by atoms with Crippen LogP contribution in [0.3, 0.4) is 0 Å². The number of nitrogen functional groups attached to an aromatic ring is 1. The largest absolute Gasteiger partial charge is 0.384 e. The molecule has 1 aromatic carbocycles. The van der Waals surface area contributed by atoms with Gasteiger partial charge in [-0.15, -0.1) is 0 Å². The van der Waals surface area contributed by atoms with Crippen LogP contribution in [-0.2, 0) is 0 Å². The van der Waals surface area contributed by atoms with E-state index in [0.717, 1.165) is 10.9 Å². The van der Waals surface area contributed by atoms with Gasteiger partial charge in [0.15, 0.2) is 0 Å². The minimum atomic E-state index is 0. The highest BCUT2D eigenvalue weighted by Gasteiger charge is 1.91. The second-order valence-corrected chi connectivity index (χ2v) is 2.43. The number of benzene rings is 1. The Hall–Kier alpha value is -1.57. The molecule has 0 atom stereocenters. The molecule has 2 rings (SSSR count). The van der Waals surface area contributed by atoms with Gasteiger partial charge in [0.25, 0.3) is 0 Å². The van der Waals surface area contributed by atoms with Gasteiger partial charge in [0.05, 0.1) is 5.52 Å². The Morgan fingerprint density at radius 2 is 1.75 bits per heavy atom. The van der Waals surface area contributed by atoms with E-state index in [0.29, 0.717) is 5.82 Å². The van der Waals surface area contributed by atoms with Crippen LogP contribution in [0.15, 0.2) is 36.4 Å². The van der Waals surface area contributed by atoms with Gasteiger partial charge in [0, 0.05) is 5.39 Å². The molecular formula is C10H12N2. The van der Waals surface area contributed by atoms with Gasteiger partial charge in [-0.3, -0.25) is 0 Å². The number of rotatable bonds is 0. The average molecular weight is 160 g/mol. The highest BCUT2D eigenvalue weighted by molar-refractivity contribution is 5.79. The highest BCUT2D eigenvalue weighted by Crippen LogP contribution is 2.11. The molecule has 2 aromatic rings. The number of para-hydroxylation sites is 1. The topological polar surface area (TPSA) is 38.9 Å². The summed E-state index contributed by atoms with van der Waals surface area (Å²) in [4.78, 5) is 4.15. The van der Waals surface area contributed by atoms with Crippen molar-refractivity contribution in [3.8, 4) is 0 Å². The van der Waals surface area contributed by atoms with E-state index in [1.807, 2.05) is 36.4 Å². The number of hydrogen-bond donors (Lipinski definition) is 1. The van der Waals surface area contributed by atoms with Gasteiger partial charge in [0.2, 0.25) is 0 Å². The third kappa shape index (κ3) is 1.37. The number of hydrogen-bond acceptors (Lipinski definition) is 2. The van der Waals surface area contributed by atoms with Gasteiger partial charge in [-0.05, 0) is 18.2 Å². The third-order valence-corrected chi connectivity index (χ3v) is 1.62. The predicted octanol–water partition coefficient (Wildman–Crippen LogP) is 2.45. The summed E-state index contributed by atoms with van der Waals surface area (Å²) in [6, 6.07) is 11.7. The fraction of sp³-hybridized carbons (Fsp3) is 0.100. The van der Waals surface area contributed by atoms with Crippen molar-refractivity contribution in [2.45, 2.75) is 7.43 Å². The maximum Gasteiger partial charge on any atom is 0.124 e. The molecule has 0 radical (unpaired) electrons. The average Bonchev–Trinajstić information content (AvgIpc) is 2.04. The van der Waals surface area contributed by atoms with Gasteiger partial charge in [-0.25, -0.2) is 4.98 Å². The zero-order valence-corrected chi connectivity index (χ0v) is 5.99. The van der Waals surface area contributed by atoms with Crippen molar-refractivity contribution < 1.29 is 0 Å². The van der Waals surface area contributed by atoms with Gasteiger partial charge < -0.3 is 5.73 Å². The van der Waals surface area contributed by atoms with E-state index in [1.54, 1.807) is 0 Å². The Morgan fingerprint density at radius 3 is 2.58 bits per heavy atom. The SMILES string of the molecule is C.Nc1ccc2ccccc2n1. The van der Waals surface area contributed by atoms with Crippen LogP contribution in [0.5, 0.6) is 0 Å². The molecule has 62 valence electrons. The summed E-state index contributed by atoms with van der Waals surface area (Å²) < 4.78 is 0. The lowest BCUT2D eigenvalue weighted by Crippen LogP contribution is -1.88. The van der Waals surface area contributed by atoms with Crippen LogP contribution in [-0.4, -0.2) is 4.98 Å². The Balaban J connectivity index is 0.000000720. The van der Waals surface area contributed by atoms with Crippen molar-refractivity contribution in [1.82, 2.24) is 4.98 Å². The molecule has 0 aliphatic heterocycles. The second kappa shape index (κ2) is 3.22. The van der Waals surface area contributed by atoms with Crippen molar-refractivity contribution in [3.05, 3.63) is 36.4 Å². The fourth-order valence-corrected chi connectivity index (χ4v) is 1.08. The predicted molar refractivity (Wildman–Crippen MR) is 52.9 cm³/mol. The summed E-state index contributed by atoms with van der Waals surface area (Å²) in [5.41, 5.74) is 6.46.